The molecule has 1 rings (SSSR count). The molecule has 0 fully saturated rings. The zero-order valence-electron chi connectivity index (χ0n) is 25.1. The highest BCUT2D eigenvalue weighted by Gasteiger charge is 2.22. The number of benzene rings is 1. The number of carbonyl (C=O) groups is 4. The smallest absolute Gasteiger partial charge is 0.243 e. The molecular formula is C29H51N9O5. The van der Waals surface area contributed by atoms with Crippen LogP contribution in [-0.4, -0.2) is 79.5 Å². The minimum atomic E-state index is -1.03. The average molecular weight is 606 g/mol. The first-order valence-corrected chi connectivity index (χ1v) is 15.0. The number of aromatic hydroxyl groups is 1. The van der Waals surface area contributed by atoms with Gasteiger partial charge in [-0.1, -0.05) is 37.8 Å². The van der Waals surface area contributed by atoms with Crippen molar-refractivity contribution >= 4 is 29.6 Å². The van der Waals surface area contributed by atoms with Gasteiger partial charge in [0.2, 0.25) is 23.6 Å². The molecule has 1 aromatic carbocycles. The minimum absolute atomic E-state index is 0.0112. The maximum absolute atomic E-state index is 12.5. The van der Waals surface area contributed by atoms with E-state index in [0.717, 1.165) is 64.5 Å². The van der Waals surface area contributed by atoms with Crippen LogP contribution >= 0.6 is 0 Å². The van der Waals surface area contributed by atoms with Gasteiger partial charge in [0.15, 0.2) is 5.96 Å². The van der Waals surface area contributed by atoms with Crippen molar-refractivity contribution in [3.8, 4) is 5.75 Å². The highest BCUT2D eigenvalue weighted by atomic mass is 16.3. The fraction of sp³-hybridized carbons (Fsp3) is 0.621. The molecule has 1 aromatic rings. The predicted octanol–water partition coefficient (Wildman–Crippen LogP) is -0.771. The number of nitrogens with one attached hydrogen (secondary N) is 4. The van der Waals surface area contributed by atoms with Gasteiger partial charge in [0.05, 0.1) is 18.9 Å². The van der Waals surface area contributed by atoms with Gasteiger partial charge in [-0.25, -0.2) is 0 Å². The first kappa shape index (κ1) is 37.1. The Hall–Kier alpha value is -3.91. The van der Waals surface area contributed by atoms with E-state index in [0.29, 0.717) is 31.6 Å². The lowest BCUT2D eigenvalue weighted by atomic mass is 10.1. The van der Waals surface area contributed by atoms with Gasteiger partial charge < -0.3 is 49.3 Å². The lowest BCUT2D eigenvalue weighted by Crippen LogP contribution is -2.49. The molecule has 14 nitrogen and oxygen atoms in total. The Labute approximate surface area is 254 Å². The van der Waals surface area contributed by atoms with Crippen molar-refractivity contribution < 1.29 is 24.3 Å². The summed E-state index contributed by atoms with van der Waals surface area (Å²) in [5, 5.41) is 21.0. The zero-order valence-corrected chi connectivity index (χ0v) is 25.1. The molecule has 2 atom stereocenters. The molecule has 13 N–H and O–H groups in total. The molecule has 0 unspecified atom stereocenters. The Bertz CT molecular complexity index is 1000. The third-order valence-electron chi connectivity index (χ3n) is 6.59. The molecule has 0 spiro atoms. The molecule has 0 radical (unpaired) electrons. The van der Waals surface area contributed by atoms with Gasteiger partial charge in [-0.3, -0.25) is 24.2 Å². The van der Waals surface area contributed by atoms with Crippen LogP contribution in [0.4, 0.5) is 0 Å². The summed E-state index contributed by atoms with van der Waals surface area (Å²) >= 11 is 0. The molecule has 4 amide bonds. The average Bonchev–Trinajstić information content (AvgIpc) is 2.95. The second-order valence-corrected chi connectivity index (χ2v) is 10.5. The van der Waals surface area contributed by atoms with Crippen LogP contribution in [0, 0.1) is 0 Å². The van der Waals surface area contributed by atoms with Gasteiger partial charge in [0, 0.05) is 19.6 Å². The van der Waals surface area contributed by atoms with Crippen molar-refractivity contribution in [3.63, 3.8) is 0 Å². The number of guanidine groups is 1. The molecule has 0 saturated carbocycles. The molecule has 0 heterocycles. The van der Waals surface area contributed by atoms with E-state index in [9.17, 15) is 24.3 Å². The number of primary amides is 1. The molecule has 0 saturated heterocycles. The number of nitrogens with two attached hydrogens (primary N) is 4. The Morgan fingerprint density at radius 1 is 0.767 bits per heavy atom. The maximum atomic E-state index is 12.5. The summed E-state index contributed by atoms with van der Waals surface area (Å²) in [5.41, 5.74) is 22.2. The zero-order chi connectivity index (χ0) is 31.9. The standard InChI is InChI=1S/C29H51N9O5/c30-23(13-18-37-29(32)33)27(42)35-16-8-4-6-15-34-14-5-2-1-3-7-17-36-28(43)24(20-25(31)40)38-26(41)19-21-9-11-22(39)12-10-21/h9-12,23-24,34,39H,1-8,13-20,30H2,(H2,31,40)(H,35,42)(H,36,43)(H,38,41)(H4,32,33,37)/t23-,24+/m1/s1. The first-order valence-electron chi connectivity index (χ1n) is 15.0. The molecule has 14 heteroatoms. The van der Waals surface area contributed by atoms with E-state index in [-0.39, 0.29) is 30.5 Å². The van der Waals surface area contributed by atoms with Crippen molar-refractivity contribution in [2.45, 2.75) is 82.7 Å². The number of unbranched alkanes of at least 4 members (excludes halogenated alkanes) is 6. The number of amides is 4. The van der Waals surface area contributed by atoms with Crippen LogP contribution in [0.5, 0.6) is 5.75 Å². The monoisotopic (exact) mass is 605 g/mol. The number of hydrogen-bond acceptors (Lipinski definition) is 8. The van der Waals surface area contributed by atoms with E-state index in [1.54, 1.807) is 12.1 Å². The molecular weight excluding hydrogens is 554 g/mol. The van der Waals surface area contributed by atoms with Crippen LogP contribution in [0.2, 0.25) is 0 Å². The normalized spacial score (nSPS) is 12.1. The summed E-state index contributed by atoms with van der Waals surface area (Å²) in [4.78, 5) is 52.0. The Morgan fingerprint density at radius 2 is 1.30 bits per heavy atom. The fourth-order valence-corrected chi connectivity index (χ4v) is 4.18. The Morgan fingerprint density at radius 3 is 1.88 bits per heavy atom. The van der Waals surface area contributed by atoms with E-state index in [4.69, 9.17) is 22.9 Å². The van der Waals surface area contributed by atoms with Crippen LogP contribution in [-0.2, 0) is 25.6 Å². The van der Waals surface area contributed by atoms with Crippen LogP contribution in [0.1, 0.15) is 69.8 Å². The lowest BCUT2D eigenvalue weighted by molar-refractivity contribution is -0.131. The summed E-state index contributed by atoms with van der Waals surface area (Å²) in [6.07, 6.45) is 7.98. The molecule has 242 valence electrons. The summed E-state index contributed by atoms with van der Waals surface area (Å²) in [5.74, 6) is -1.64. The van der Waals surface area contributed by atoms with Crippen molar-refractivity contribution in [3.05, 3.63) is 29.8 Å². The van der Waals surface area contributed by atoms with Crippen molar-refractivity contribution in [1.29, 1.82) is 0 Å². The van der Waals surface area contributed by atoms with Crippen molar-refractivity contribution in [2.24, 2.45) is 27.9 Å². The van der Waals surface area contributed by atoms with Gasteiger partial charge in [-0.2, -0.15) is 0 Å². The highest BCUT2D eigenvalue weighted by Crippen LogP contribution is 2.10. The van der Waals surface area contributed by atoms with E-state index in [2.05, 4.69) is 26.3 Å². The molecule has 0 aliphatic rings. The second kappa shape index (κ2) is 22.7. The topological polar surface area (TPSA) is 253 Å². The van der Waals surface area contributed by atoms with E-state index in [1.165, 1.54) is 12.1 Å². The maximum Gasteiger partial charge on any atom is 0.243 e. The Kier molecular flexibility index (Phi) is 19.6. The number of carbonyl (C=O) groups excluding carboxylic acids is 4. The number of phenolic OH excluding ortho intramolecular Hbond substituents is 1. The van der Waals surface area contributed by atoms with Crippen LogP contribution in [0.25, 0.3) is 0 Å². The molecule has 43 heavy (non-hydrogen) atoms. The Balaban J connectivity index is 2.03. The van der Waals surface area contributed by atoms with Crippen molar-refractivity contribution in [2.75, 3.05) is 32.7 Å². The van der Waals surface area contributed by atoms with Crippen LogP contribution < -0.4 is 44.2 Å². The van der Waals surface area contributed by atoms with E-state index < -0.39 is 29.8 Å². The largest absolute Gasteiger partial charge is 0.508 e. The summed E-state index contributed by atoms with van der Waals surface area (Å²) in [6, 6.07) is 4.52. The number of rotatable bonds is 24. The van der Waals surface area contributed by atoms with Gasteiger partial charge in [-0.15, -0.1) is 0 Å². The summed E-state index contributed by atoms with van der Waals surface area (Å²) in [6.45, 7) is 3.24. The quantitative estimate of drug-likeness (QED) is 0.0407. The van der Waals surface area contributed by atoms with Gasteiger partial charge >= 0.3 is 0 Å². The summed E-state index contributed by atoms with van der Waals surface area (Å²) in [7, 11) is 0. The fourth-order valence-electron chi connectivity index (χ4n) is 4.18. The van der Waals surface area contributed by atoms with Crippen LogP contribution in [0.15, 0.2) is 29.3 Å². The predicted molar refractivity (Wildman–Crippen MR) is 167 cm³/mol. The number of phenols is 1. The molecule has 0 aliphatic carbocycles. The SMILES string of the molecule is NC(=O)C[C@H](NC(=O)Cc1ccc(O)cc1)C(=O)NCCCCCCCNCCCCCNC(=O)[C@H](N)CCN=C(N)N. The van der Waals surface area contributed by atoms with Crippen molar-refractivity contribution in [1.82, 2.24) is 21.3 Å². The number of nitrogens with zero attached hydrogens (tertiary/aromatic N) is 1. The number of aliphatic imine (C=N–C) groups is 1. The highest BCUT2D eigenvalue weighted by molar-refractivity contribution is 5.92. The van der Waals surface area contributed by atoms with E-state index in [1.807, 2.05) is 0 Å². The van der Waals surface area contributed by atoms with Gasteiger partial charge in [0.25, 0.3) is 0 Å². The van der Waals surface area contributed by atoms with Gasteiger partial charge in [0.1, 0.15) is 11.8 Å². The minimum Gasteiger partial charge on any atom is -0.508 e. The number of hydrogen-bond donors (Lipinski definition) is 9. The second-order valence-electron chi connectivity index (χ2n) is 10.5. The third-order valence-corrected chi connectivity index (χ3v) is 6.59. The molecule has 0 aliphatic heterocycles. The van der Waals surface area contributed by atoms with E-state index >= 15 is 0 Å². The van der Waals surface area contributed by atoms with Crippen LogP contribution in [0.3, 0.4) is 0 Å². The third kappa shape index (κ3) is 19.8. The van der Waals surface area contributed by atoms with Gasteiger partial charge in [-0.05, 0) is 62.9 Å². The lowest BCUT2D eigenvalue weighted by Gasteiger charge is -2.17. The molecule has 0 aromatic heterocycles. The molecule has 0 bridgehead atoms. The summed E-state index contributed by atoms with van der Waals surface area (Å²) < 4.78 is 0. The first-order chi connectivity index (χ1) is 20.6.